The van der Waals surface area contributed by atoms with Gasteiger partial charge in [-0.2, -0.15) is 0 Å². The molecule has 0 aliphatic rings. The number of furan rings is 1. The molecule has 224 valence electrons. The van der Waals surface area contributed by atoms with Gasteiger partial charge in [0.05, 0.1) is 21.8 Å². The molecule has 0 spiro atoms. The van der Waals surface area contributed by atoms with Crippen LogP contribution in [-0.2, 0) is 21.3 Å². The van der Waals surface area contributed by atoms with E-state index < -0.39 is 27.7 Å². The van der Waals surface area contributed by atoms with Crippen molar-refractivity contribution in [2.45, 2.75) is 19.3 Å². The molecule has 0 radical (unpaired) electrons. The maximum atomic E-state index is 13.7. The molecule has 10 heteroatoms. The fourth-order valence-electron chi connectivity index (χ4n) is 4.88. The van der Waals surface area contributed by atoms with Crippen LogP contribution in [-0.4, -0.2) is 37.1 Å². The molecular formula is C35H31N2NaO6S. The van der Waals surface area contributed by atoms with Gasteiger partial charge in [-0.1, -0.05) is 66.7 Å². The Balaban J connectivity index is 0.00000461. The molecule has 0 saturated heterocycles. The van der Waals surface area contributed by atoms with Crippen LogP contribution < -0.4 is 40.2 Å². The largest absolute Gasteiger partial charge is 1.00 e. The number of carbonyl (C=O) groups is 2. The number of amides is 2. The fraction of sp³-hybridized carbons (Fsp3) is 0.143. The molecule has 0 aliphatic carbocycles. The standard InChI is InChI=1S/C35H32N2O6S.Na/c1-2-5-24-8-12-26(13-9-24)31(22-25-10-14-28(15-11-25)34(38)36-20-21-44(40,41)42)35(39)37-30-18-16-27(17-19-30)33-23-29-6-3-4-7-32(29)43-33;/h2-19,23,31H,20-22H2,1H3,(H,36,38)(H,37,39)(H,40,41,42);/q;+1/p-1/b5-2+;. The van der Waals surface area contributed by atoms with E-state index in [2.05, 4.69) is 10.6 Å². The van der Waals surface area contributed by atoms with Crippen LogP contribution in [0.2, 0.25) is 0 Å². The summed E-state index contributed by atoms with van der Waals surface area (Å²) < 4.78 is 38.3. The molecule has 2 N–H and O–H groups in total. The van der Waals surface area contributed by atoms with E-state index in [0.717, 1.165) is 39.0 Å². The Morgan fingerprint density at radius 1 is 0.911 bits per heavy atom. The first-order valence-electron chi connectivity index (χ1n) is 14.1. The van der Waals surface area contributed by atoms with Gasteiger partial charge in [-0.05, 0) is 78.6 Å². The summed E-state index contributed by atoms with van der Waals surface area (Å²) in [5.41, 5.74) is 5.38. The van der Waals surface area contributed by atoms with E-state index in [1.54, 1.807) is 24.3 Å². The SMILES string of the molecule is C/C=C/c1ccc(C(Cc2ccc(C(=O)NCCS(=O)(=O)[O-])cc2)C(=O)Nc2ccc(-c3cc4ccccc4o3)cc2)cc1.[Na+]. The van der Waals surface area contributed by atoms with Crippen LogP contribution in [0.5, 0.6) is 0 Å². The normalized spacial score (nSPS) is 12.0. The van der Waals surface area contributed by atoms with Crippen LogP contribution in [0.15, 0.2) is 114 Å². The van der Waals surface area contributed by atoms with E-state index >= 15 is 0 Å². The summed E-state index contributed by atoms with van der Waals surface area (Å²) in [6.07, 6.45) is 4.31. The van der Waals surface area contributed by atoms with Gasteiger partial charge >= 0.3 is 29.6 Å². The molecule has 0 aliphatic heterocycles. The number of hydrogen-bond acceptors (Lipinski definition) is 6. The number of nitrogens with one attached hydrogen (secondary N) is 2. The first-order chi connectivity index (χ1) is 21.2. The van der Waals surface area contributed by atoms with Gasteiger partial charge in [0, 0.05) is 28.7 Å². The van der Waals surface area contributed by atoms with E-state index in [-0.39, 0.29) is 42.0 Å². The van der Waals surface area contributed by atoms with E-state index in [9.17, 15) is 22.6 Å². The van der Waals surface area contributed by atoms with Gasteiger partial charge in [0.1, 0.15) is 11.3 Å². The summed E-state index contributed by atoms with van der Waals surface area (Å²) in [6, 6.07) is 31.9. The van der Waals surface area contributed by atoms with Crippen molar-refractivity contribution in [3.63, 3.8) is 0 Å². The third kappa shape index (κ3) is 9.26. The molecule has 45 heavy (non-hydrogen) atoms. The maximum Gasteiger partial charge on any atom is 1.00 e. The predicted molar refractivity (Wildman–Crippen MR) is 171 cm³/mol. The topological polar surface area (TPSA) is 129 Å². The van der Waals surface area contributed by atoms with Crippen molar-refractivity contribution >= 4 is 44.7 Å². The number of benzene rings is 4. The van der Waals surface area contributed by atoms with Crippen LogP contribution >= 0.6 is 0 Å². The first-order valence-corrected chi connectivity index (χ1v) is 15.7. The minimum atomic E-state index is -4.42. The minimum absolute atomic E-state index is 0. The number of fused-ring (bicyclic) bond motifs is 1. The Labute approximate surface area is 284 Å². The second-order valence-electron chi connectivity index (χ2n) is 10.4. The molecule has 5 rings (SSSR count). The zero-order valence-corrected chi connectivity index (χ0v) is 27.8. The number of rotatable bonds is 11. The number of allylic oxidation sites excluding steroid dienone is 1. The van der Waals surface area contributed by atoms with Gasteiger partial charge in [-0.15, -0.1) is 0 Å². The summed E-state index contributed by atoms with van der Waals surface area (Å²) in [5.74, 6) is -1.12. The molecule has 5 aromatic rings. The molecule has 2 amide bonds. The summed E-state index contributed by atoms with van der Waals surface area (Å²) in [6.45, 7) is 1.68. The molecule has 1 aromatic heterocycles. The quantitative estimate of drug-likeness (QED) is 0.170. The smallest absolute Gasteiger partial charge is 0.748 e. The van der Waals surface area contributed by atoms with E-state index in [4.69, 9.17) is 4.42 Å². The van der Waals surface area contributed by atoms with Crippen molar-refractivity contribution in [2.24, 2.45) is 0 Å². The molecule has 4 aromatic carbocycles. The zero-order chi connectivity index (χ0) is 31.1. The van der Waals surface area contributed by atoms with Crippen LogP contribution in [0, 0.1) is 0 Å². The van der Waals surface area contributed by atoms with Gasteiger partial charge in [0.2, 0.25) is 5.91 Å². The van der Waals surface area contributed by atoms with Crippen molar-refractivity contribution in [1.29, 1.82) is 0 Å². The van der Waals surface area contributed by atoms with Crippen molar-refractivity contribution in [2.75, 3.05) is 17.6 Å². The number of hydrogen-bond donors (Lipinski definition) is 2. The Morgan fingerprint density at radius 3 is 2.24 bits per heavy atom. The Hall–Kier alpha value is -3.99. The van der Waals surface area contributed by atoms with Gasteiger partial charge in [0.15, 0.2) is 0 Å². The second kappa shape index (κ2) is 15.3. The van der Waals surface area contributed by atoms with Gasteiger partial charge < -0.3 is 19.6 Å². The third-order valence-corrected chi connectivity index (χ3v) is 7.87. The number of para-hydroxylation sites is 1. The molecule has 1 heterocycles. The molecule has 0 fully saturated rings. The molecule has 1 unspecified atom stereocenters. The zero-order valence-electron chi connectivity index (χ0n) is 25.0. The van der Waals surface area contributed by atoms with Crippen LogP contribution in [0.1, 0.15) is 39.9 Å². The maximum absolute atomic E-state index is 13.7. The van der Waals surface area contributed by atoms with Gasteiger partial charge in [-0.3, -0.25) is 9.59 Å². The summed E-state index contributed by atoms with van der Waals surface area (Å²) >= 11 is 0. The predicted octanol–water partition coefficient (Wildman–Crippen LogP) is 3.38. The van der Waals surface area contributed by atoms with Crippen LogP contribution in [0.4, 0.5) is 5.69 Å². The molecule has 8 nitrogen and oxygen atoms in total. The van der Waals surface area contributed by atoms with E-state index in [1.807, 2.05) is 97.9 Å². The summed E-state index contributed by atoms with van der Waals surface area (Å²) in [5, 5.41) is 6.50. The van der Waals surface area contributed by atoms with Crippen molar-refractivity contribution in [3.8, 4) is 11.3 Å². The molecule has 0 bridgehead atoms. The average molecular weight is 631 g/mol. The van der Waals surface area contributed by atoms with E-state index in [1.165, 1.54) is 0 Å². The van der Waals surface area contributed by atoms with Gasteiger partial charge in [0.25, 0.3) is 5.91 Å². The molecule has 0 saturated carbocycles. The molecular weight excluding hydrogens is 599 g/mol. The third-order valence-electron chi connectivity index (χ3n) is 7.17. The minimum Gasteiger partial charge on any atom is -0.748 e. The van der Waals surface area contributed by atoms with E-state index in [0.29, 0.717) is 17.7 Å². The Morgan fingerprint density at radius 2 is 1.60 bits per heavy atom. The number of anilines is 1. The molecule has 1 atom stereocenters. The van der Waals surface area contributed by atoms with Crippen LogP contribution in [0.25, 0.3) is 28.4 Å². The summed E-state index contributed by atoms with van der Waals surface area (Å²) in [7, 11) is -4.42. The van der Waals surface area contributed by atoms with Crippen molar-refractivity contribution in [1.82, 2.24) is 5.32 Å². The Kier molecular flexibility index (Phi) is 11.6. The average Bonchev–Trinajstić information content (AvgIpc) is 3.45. The monoisotopic (exact) mass is 630 g/mol. The van der Waals surface area contributed by atoms with Crippen molar-refractivity contribution in [3.05, 3.63) is 131 Å². The second-order valence-corrected chi connectivity index (χ2v) is 11.9. The number of carbonyl (C=O) groups excluding carboxylic acids is 2. The Bertz CT molecular complexity index is 1870. The summed E-state index contributed by atoms with van der Waals surface area (Å²) in [4.78, 5) is 26.1. The fourth-order valence-corrected chi connectivity index (χ4v) is 5.24. The van der Waals surface area contributed by atoms with Crippen molar-refractivity contribution < 1.29 is 56.5 Å². The first kappa shape index (κ1) is 33.9. The van der Waals surface area contributed by atoms with Crippen LogP contribution in [0.3, 0.4) is 0 Å². The van der Waals surface area contributed by atoms with Gasteiger partial charge in [-0.25, -0.2) is 8.42 Å².